The lowest BCUT2D eigenvalue weighted by atomic mass is 10.0. The number of nitrogens with two attached hydrogens (primary N) is 1. The molecule has 0 radical (unpaired) electrons. The molecule has 1 unspecified atom stereocenters. The molecule has 1 atom stereocenters. The molecular formula is C13H19N3O2. The van der Waals surface area contributed by atoms with Gasteiger partial charge in [-0.2, -0.15) is 0 Å². The van der Waals surface area contributed by atoms with Gasteiger partial charge in [0.1, 0.15) is 5.75 Å². The van der Waals surface area contributed by atoms with Crippen LogP contribution in [0.1, 0.15) is 18.0 Å². The van der Waals surface area contributed by atoms with Crippen molar-refractivity contribution in [1.29, 1.82) is 0 Å². The fourth-order valence-corrected chi connectivity index (χ4v) is 2.18. The monoisotopic (exact) mass is 249 g/mol. The number of nitrogens with zero attached hydrogens (tertiary/aromatic N) is 1. The predicted octanol–water partition coefficient (Wildman–Crippen LogP) is 1.11. The first-order chi connectivity index (χ1) is 8.74. The molecule has 5 heteroatoms. The third-order valence-electron chi connectivity index (χ3n) is 3.17. The van der Waals surface area contributed by atoms with E-state index in [9.17, 15) is 4.79 Å². The van der Waals surface area contributed by atoms with Crippen molar-refractivity contribution in [2.24, 2.45) is 5.73 Å². The number of benzene rings is 1. The van der Waals surface area contributed by atoms with Crippen LogP contribution in [0.25, 0.3) is 0 Å². The lowest BCUT2D eigenvalue weighted by Gasteiger charge is -2.33. The molecule has 1 heterocycles. The second-order valence-electron chi connectivity index (χ2n) is 4.34. The molecule has 98 valence electrons. The van der Waals surface area contributed by atoms with Gasteiger partial charge in [-0.1, -0.05) is 12.1 Å². The molecule has 0 bridgehead atoms. The Morgan fingerprint density at radius 3 is 3.06 bits per heavy atom. The zero-order valence-electron chi connectivity index (χ0n) is 10.6. The third kappa shape index (κ3) is 2.73. The van der Waals surface area contributed by atoms with E-state index in [0.717, 1.165) is 24.3 Å². The van der Waals surface area contributed by atoms with Gasteiger partial charge in [-0.3, -0.25) is 0 Å². The third-order valence-corrected chi connectivity index (χ3v) is 3.17. The lowest BCUT2D eigenvalue weighted by molar-refractivity contribution is 0.176. The Morgan fingerprint density at radius 2 is 2.39 bits per heavy atom. The maximum absolute atomic E-state index is 11.9. The molecule has 1 aliphatic rings. The first kappa shape index (κ1) is 12.7. The Labute approximate surface area is 107 Å². The van der Waals surface area contributed by atoms with Gasteiger partial charge in [0.05, 0.1) is 13.2 Å². The second-order valence-corrected chi connectivity index (χ2v) is 4.34. The fraction of sp³-hybridized carbons (Fsp3) is 0.462. The maximum Gasteiger partial charge on any atom is 0.317 e. The summed E-state index contributed by atoms with van der Waals surface area (Å²) in [7, 11) is 1.64. The molecule has 2 amide bonds. The highest BCUT2D eigenvalue weighted by Crippen LogP contribution is 2.24. The molecule has 18 heavy (non-hydrogen) atoms. The van der Waals surface area contributed by atoms with Crippen molar-refractivity contribution in [2.45, 2.75) is 12.5 Å². The van der Waals surface area contributed by atoms with E-state index >= 15 is 0 Å². The predicted molar refractivity (Wildman–Crippen MR) is 69.5 cm³/mol. The van der Waals surface area contributed by atoms with Gasteiger partial charge in [0.25, 0.3) is 0 Å². The number of methoxy groups -OCH3 is 1. The van der Waals surface area contributed by atoms with E-state index in [-0.39, 0.29) is 12.1 Å². The minimum atomic E-state index is -0.0421. The first-order valence-electron chi connectivity index (χ1n) is 6.14. The number of hydrogen-bond acceptors (Lipinski definition) is 3. The average molecular weight is 249 g/mol. The van der Waals surface area contributed by atoms with Crippen molar-refractivity contribution in [1.82, 2.24) is 10.2 Å². The van der Waals surface area contributed by atoms with Gasteiger partial charge in [-0.15, -0.1) is 0 Å². The van der Waals surface area contributed by atoms with Gasteiger partial charge in [-0.25, -0.2) is 4.79 Å². The Bertz CT molecular complexity index is 422. The quantitative estimate of drug-likeness (QED) is 0.840. The van der Waals surface area contributed by atoms with E-state index in [2.05, 4.69) is 5.32 Å². The molecular weight excluding hydrogens is 230 g/mol. The summed E-state index contributed by atoms with van der Waals surface area (Å²) in [5.41, 5.74) is 6.55. The van der Waals surface area contributed by atoms with Crippen LogP contribution < -0.4 is 15.8 Å². The zero-order chi connectivity index (χ0) is 13.0. The van der Waals surface area contributed by atoms with Crippen molar-refractivity contribution < 1.29 is 9.53 Å². The van der Waals surface area contributed by atoms with E-state index in [1.54, 1.807) is 12.0 Å². The number of amides is 2. The average Bonchev–Trinajstić information content (AvgIpc) is 2.41. The molecule has 1 saturated heterocycles. The molecule has 2 rings (SSSR count). The molecule has 0 aliphatic carbocycles. The van der Waals surface area contributed by atoms with E-state index in [1.807, 2.05) is 24.3 Å². The summed E-state index contributed by atoms with van der Waals surface area (Å²) in [6.45, 7) is 1.85. The summed E-state index contributed by atoms with van der Waals surface area (Å²) in [4.78, 5) is 13.6. The number of carbonyl (C=O) groups is 1. The Balaban J connectivity index is 2.05. The highest BCUT2D eigenvalue weighted by molar-refractivity contribution is 5.75. The van der Waals surface area contributed by atoms with E-state index < -0.39 is 0 Å². The highest BCUT2D eigenvalue weighted by atomic mass is 16.5. The van der Waals surface area contributed by atoms with Crippen LogP contribution in [0.3, 0.4) is 0 Å². The molecule has 0 saturated carbocycles. The number of nitrogens with one attached hydrogen (secondary N) is 1. The van der Waals surface area contributed by atoms with Gasteiger partial charge >= 0.3 is 6.03 Å². The van der Waals surface area contributed by atoms with Crippen LogP contribution in [0, 0.1) is 0 Å². The first-order valence-corrected chi connectivity index (χ1v) is 6.14. The van der Waals surface area contributed by atoms with Gasteiger partial charge in [-0.05, 0) is 24.1 Å². The van der Waals surface area contributed by atoms with E-state index in [1.165, 1.54) is 0 Å². The number of ether oxygens (including phenoxy) is 1. The Hall–Kier alpha value is -1.75. The van der Waals surface area contributed by atoms with Crippen molar-refractivity contribution in [3.8, 4) is 5.75 Å². The summed E-state index contributed by atoms with van der Waals surface area (Å²) < 4.78 is 5.19. The SMILES string of the molecule is COc1cccc(C2CCN(CCN)C(=O)N2)c1. The van der Waals surface area contributed by atoms with Crippen LogP contribution in [-0.2, 0) is 0 Å². The molecule has 0 aromatic heterocycles. The fourth-order valence-electron chi connectivity index (χ4n) is 2.18. The summed E-state index contributed by atoms with van der Waals surface area (Å²) in [5, 5.41) is 2.99. The van der Waals surface area contributed by atoms with Crippen LogP contribution in [0.5, 0.6) is 5.75 Å². The number of carbonyl (C=O) groups excluding carboxylic acids is 1. The number of urea groups is 1. The van der Waals surface area contributed by atoms with Crippen LogP contribution in [-0.4, -0.2) is 37.7 Å². The molecule has 3 N–H and O–H groups in total. The smallest absolute Gasteiger partial charge is 0.317 e. The number of hydrogen-bond donors (Lipinski definition) is 2. The Morgan fingerprint density at radius 1 is 1.56 bits per heavy atom. The van der Waals surface area contributed by atoms with Crippen LogP contribution in [0.4, 0.5) is 4.79 Å². The molecule has 1 aliphatic heterocycles. The normalized spacial score (nSPS) is 19.6. The van der Waals surface area contributed by atoms with E-state index in [0.29, 0.717) is 13.1 Å². The summed E-state index contributed by atoms with van der Waals surface area (Å²) in [5.74, 6) is 0.811. The summed E-state index contributed by atoms with van der Waals surface area (Å²) in [6, 6.07) is 7.82. The standard InChI is InChI=1S/C13H19N3O2/c1-18-11-4-2-3-10(9-11)12-5-7-16(8-6-14)13(17)15-12/h2-4,9,12H,5-8,14H2,1H3,(H,15,17). The van der Waals surface area contributed by atoms with E-state index in [4.69, 9.17) is 10.5 Å². The number of rotatable bonds is 4. The summed E-state index contributed by atoms with van der Waals surface area (Å²) in [6.07, 6.45) is 0.888. The van der Waals surface area contributed by atoms with Crippen LogP contribution in [0.15, 0.2) is 24.3 Å². The minimum absolute atomic E-state index is 0.0421. The summed E-state index contributed by atoms with van der Waals surface area (Å²) >= 11 is 0. The highest BCUT2D eigenvalue weighted by Gasteiger charge is 2.25. The van der Waals surface area contributed by atoms with Crippen molar-refractivity contribution in [2.75, 3.05) is 26.7 Å². The Kier molecular flexibility index (Phi) is 4.04. The largest absolute Gasteiger partial charge is 0.497 e. The minimum Gasteiger partial charge on any atom is -0.497 e. The van der Waals surface area contributed by atoms with Crippen LogP contribution >= 0.6 is 0 Å². The van der Waals surface area contributed by atoms with Crippen LogP contribution in [0.2, 0.25) is 0 Å². The van der Waals surface area contributed by atoms with Gasteiger partial charge in [0, 0.05) is 19.6 Å². The maximum atomic E-state index is 11.9. The van der Waals surface area contributed by atoms with Gasteiger partial charge < -0.3 is 20.7 Å². The van der Waals surface area contributed by atoms with Crippen molar-refractivity contribution >= 4 is 6.03 Å². The topological polar surface area (TPSA) is 67.6 Å². The molecule has 1 aromatic carbocycles. The van der Waals surface area contributed by atoms with Crippen molar-refractivity contribution in [3.05, 3.63) is 29.8 Å². The van der Waals surface area contributed by atoms with Gasteiger partial charge in [0.15, 0.2) is 0 Å². The molecule has 5 nitrogen and oxygen atoms in total. The van der Waals surface area contributed by atoms with Crippen molar-refractivity contribution in [3.63, 3.8) is 0 Å². The zero-order valence-corrected chi connectivity index (χ0v) is 10.6. The molecule has 0 spiro atoms. The second kappa shape index (κ2) is 5.73. The lowest BCUT2D eigenvalue weighted by Crippen LogP contribution is -2.49. The molecule has 1 aromatic rings. The van der Waals surface area contributed by atoms with Gasteiger partial charge in [0.2, 0.25) is 0 Å². The molecule has 1 fully saturated rings.